The highest BCUT2D eigenvalue weighted by atomic mass is 15.3. The second-order valence-corrected chi connectivity index (χ2v) is 4.35. The smallest absolute Gasteiger partial charge is 0.205 e. The Morgan fingerprint density at radius 3 is 2.57 bits per heavy atom. The van der Waals surface area contributed by atoms with Gasteiger partial charge in [0, 0.05) is 12.6 Å². The quantitative estimate of drug-likeness (QED) is 0.274. The van der Waals surface area contributed by atoms with Gasteiger partial charge in [-0.3, -0.25) is 10.4 Å². The molecule has 4 heteroatoms. The predicted molar refractivity (Wildman–Crippen MR) is 59.9 cm³/mol. The minimum absolute atomic E-state index is 0.567. The monoisotopic (exact) mass is 198 g/mol. The molecule has 0 unspecified atom stereocenters. The molecule has 0 spiro atoms. The maximum atomic E-state index is 5.39. The Morgan fingerprint density at radius 2 is 2.07 bits per heavy atom. The summed E-state index contributed by atoms with van der Waals surface area (Å²) in [4.78, 5) is 4.37. The molecule has 0 aromatic carbocycles. The third-order valence-electron chi connectivity index (χ3n) is 2.45. The summed E-state index contributed by atoms with van der Waals surface area (Å²) in [7, 11) is 0. The van der Waals surface area contributed by atoms with Gasteiger partial charge in [0.25, 0.3) is 0 Å². The molecule has 0 aliphatic heterocycles. The van der Waals surface area contributed by atoms with Crippen LogP contribution in [-0.2, 0) is 0 Å². The van der Waals surface area contributed by atoms with E-state index in [9.17, 15) is 0 Å². The minimum atomic E-state index is 0.567. The summed E-state index contributed by atoms with van der Waals surface area (Å²) in [6.45, 7) is 5.11. The number of aliphatic imine (C=N–C) groups is 1. The van der Waals surface area contributed by atoms with Crippen LogP contribution in [0.4, 0.5) is 0 Å². The molecule has 0 atom stereocenters. The minimum Gasteiger partial charge on any atom is -0.353 e. The van der Waals surface area contributed by atoms with E-state index in [-0.39, 0.29) is 0 Å². The molecule has 1 fully saturated rings. The van der Waals surface area contributed by atoms with Gasteiger partial charge >= 0.3 is 0 Å². The summed E-state index contributed by atoms with van der Waals surface area (Å²) >= 11 is 0. The van der Waals surface area contributed by atoms with E-state index < -0.39 is 0 Å². The van der Waals surface area contributed by atoms with Gasteiger partial charge in [0.1, 0.15) is 0 Å². The number of nitrogens with zero attached hydrogens (tertiary/aromatic N) is 1. The van der Waals surface area contributed by atoms with Crippen LogP contribution in [0.2, 0.25) is 0 Å². The first kappa shape index (κ1) is 11.3. The largest absolute Gasteiger partial charge is 0.353 e. The first-order chi connectivity index (χ1) is 6.72. The molecule has 1 rings (SSSR count). The molecule has 0 radical (unpaired) electrons. The Morgan fingerprint density at radius 1 is 1.43 bits per heavy atom. The third-order valence-corrected chi connectivity index (χ3v) is 2.45. The first-order valence-corrected chi connectivity index (χ1v) is 5.50. The van der Waals surface area contributed by atoms with Gasteiger partial charge in [-0.2, -0.15) is 0 Å². The van der Waals surface area contributed by atoms with Crippen molar-refractivity contribution in [3.8, 4) is 0 Å². The highest BCUT2D eigenvalue weighted by Gasteiger charge is 2.15. The predicted octanol–water partition coefficient (Wildman–Crippen LogP) is 0.994. The van der Waals surface area contributed by atoms with E-state index in [1.807, 2.05) is 0 Å². The Hall–Kier alpha value is -0.770. The summed E-state index contributed by atoms with van der Waals surface area (Å²) < 4.78 is 0. The zero-order valence-electron chi connectivity index (χ0n) is 9.21. The Bertz CT molecular complexity index is 183. The molecule has 4 nitrogen and oxygen atoms in total. The maximum absolute atomic E-state index is 5.39. The van der Waals surface area contributed by atoms with Crippen molar-refractivity contribution in [1.82, 2.24) is 10.7 Å². The highest BCUT2D eigenvalue weighted by Crippen LogP contribution is 2.17. The van der Waals surface area contributed by atoms with Gasteiger partial charge in [0.05, 0.1) is 0 Å². The van der Waals surface area contributed by atoms with Crippen molar-refractivity contribution in [2.45, 2.75) is 45.6 Å². The Balaban J connectivity index is 2.32. The Labute approximate surface area is 86.3 Å². The van der Waals surface area contributed by atoms with Crippen molar-refractivity contribution in [3.63, 3.8) is 0 Å². The first-order valence-electron chi connectivity index (χ1n) is 5.50. The fourth-order valence-corrected chi connectivity index (χ4v) is 1.67. The second-order valence-electron chi connectivity index (χ2n) is 4.35. The average Bonchev–Trinajstić information content (AvgIpc) is 2.64. The fraction of sp³-hybridized carbons (Fsp3) is 0.900. The topological polar surface area (TPSA) is 62.4 Å². The van der Waals surface area contributed by atoms with Gasteiger partial charge in [-0.05, 0) is 18.8 Å². The number of hydrogen-bond acceptors (Lipinski definition) is 2. The summed E-state index contributed by atoms with van der Waals surface area (Å²) in [6.07, 6.45) is 5.12. The van der Waals surface area contributed by atoms with E-state index in [1.54, 1.807) is 0 Å². The molecule has 0 amide bonds. The lowest BCUT2D eigenvalue weighted by molar-refractivity contribution is 0.604. The molecular weight excluding hydrogens is 176 g/mol. The maximum Gasteiger partial charge on any atom is 0.205 e. The number of nitrogens with two attached hydrogens (primary N) is 1. The number of nitrogens with one attached hydrogen (secondary N) is 2. The summed E-state index contributed by atoms with van der Waals surface area (Å²) in [5.74, 6) is 6.71. The third kappa shape index (κ3) is 3.96. The van der Waals surface area contributed by atoms with Crippen molar-refractivity contribution in [2.24, 2.45) is 16.8 Å². The number of guanidine groups is 1. The van der Waals surface area contributed by atoms with Crippen LogP contribution < -0.4 is 16.6 Å². The van der Waals surface area contributed by atoms with Crippen LogP contribution in [0.25, 0.3) is 0 Å². The van der Waals surface area contributed by atoms with Crippen LogP contribution >= 0.6 is 0 Å². The molecule has 0 aromatic heterocycles. The van der Waals surface area contributed by atoms with Crippen molar-refractivity contribution < 1.29 is 0 Å². The van der Waals surface area contributed by atoms with Crippen LogP contribution in [-0.4, -0.2) is 18.5 Å². The van der Waals surface area contributed by atoms with Crippen molar-refractivity contribution in [2.75, 3.05) is 6.54 Å². The van der Waals surface area contributed by atoms with Gasteiger partial charge in [0.2, 0.25) is 5.96 Å². The summed E-state index contributed by atoms with van der Waals surface area (Å²) in [6, 6.07) is 0.567. The van der Waals surface area contributed by atoms with Gasteiger partial charge in [-0.15, -0.1) is 0 Å². The molecule has 14 heavy (non-hydrogen) atoms. The number of hydrazine groups is 1. The van der Waals surface area contributed by atoms with E-state index >= 15 is 0 Å². The standard InChI is InChI=1S/C10H22N4/c1-8(2)7-12-10(14-11)13-9-5-3-4-6-9/h8-9H,3-7,11H2,1-2H3,(H2,12,13,14). The molecule has 0 heterocycles. The van der Waals surface area contributed by atoms with Crippen LogP contribution in [0.3, 0.4) is 0 Å². The second kappa shape index (κ2) is 5.86. The van der Waals surface area contributed by atoms with Gasteiger partial charge in [-0.25, -0.2) is 5.84 Å². The molecular formula is C10H22N4. The zero-order chi connectivity index (χ0) is 10.4. The van der Waals surface area contributed by atoms with Gasteiger partial charge in [0.15, 0.2) is 0 Å². The van der Waals surface area contributed by atoms with E-state index in [0.29, 0.717) is 12.0 Å². The molecule has 1 aliphatic rings. The zero-order valence-corrected chi connectivity index (χ0v) is 9.21. The summed E-state index contributed by atoms with van der Waals surface area (Å²) in [5.41, 5.74) is 2.62. The van der Waals surface area contributed by atoms with Crippen LogP contribution in [0.1, 0.15) is 39.5 Å². The van der Waals surface area contributed by atoms with E-state index in [2.05, 4.69) is 29.6 Å². The van der Waals surface area contributed by atoms with Crippen LogP contribution in [0.5, 0.6) is 0 Å². The summed E-state index contributed by atoms with van der Waals surface area (Å²) in [5, 5.41) is 3.33. The molecule has 0 bridgehead atoms. The lowest BCUT2D eigenvalue weighted by Gasteiger charge is -2.15. The molecule has 1 saturated carbocycles. The SMILES string of the molecule is CC(C)CN=C(NN)NC1CCCC1. The van der Waals surface area contributed by atoms with E-state index in [1.165, 1.54) is 25.7 Å². The fourth-order valence-electron chi connectivity index (χ4n) is 1.67. The normalized spacial score (nSPS) is 19.0. The molecule has 4 N–H and O–H groups in total. The lowest BCUT2D eigenvalue weighted by atomic mass is 10.2. The van der Waals surface area contributed by atoms with Crippen molar-refractivity contribution in [1.29, 1.82) is 0 Å². The van der Waals surface area contributed by atoms with Crippen molar-refractivity contribution in [3.05, 3.63) is 0 Å². The Kier molecular flexibility index (Phi) is 4.73. The number of rotatable bonds is 3. The van der Waals surface area contributed by atoms with E-state index in [4.69, 9.17) is 5.84 Å². The molecule has 0 aromatic rings. The van der Waals surface area contributed by atoms with E-state index in [0.717, 1.165) is 12.5 Å². The molecule has 82 valence electrons. The van der Waals surface area contributed by atoms with Crippen LogP contribution in [0.15, 0.2) is 4.99 Å². The lowest BCUT2D eigenvalue weighted by Crippen LogP contribution is -2.45. The molecule has 1 aliphatic carbocycles. The highest BCUT2D eigenvalue weighted by molar-refractivity contribution is 5.79. The van der Waals surface area contributed by atoms with Gasteiger partial charge in [-0.1, -0.05) is 26.7 Å². The van der Waals surface area contributed by atoms with Crippen LogP contribution in [0, 0.1) is 5.92 Å². The average molecular weight is 198 g/mol. The number of hydrogen-bond donors (Lipinski definition) is 3. The van der Waals surface area contributed by atoms with Crippen molar-refractivity contribution >= 4 is 5.96 Å². The molecule has 0 saturated heterocycles. The van der Waals surface area contributed by atoms with Gasteiger partial charge < -0.3 is 5.32 Å².